The monoisotopic (exact) mass is 414 g/mol. The number of nitrogens with one attached hydrogen (secondary N) is 1. The number of fused-ring (bicyclic) bond motifs is 1. The van der Waals surface area contributed by atoms with Gasteiger partial charge in [0.1, 0.15) is 25.0 Å². The molecular formula is C21H22N2O5S. The highest BCUT2D eigenvalue weighted by Gasteiger charge is 2.48. The van der Waals surface area contributed by atoms with Crippen LogP contribution in [0, 0.1) is 0 Å². The molecule has 1 unspecified atom stereocenters. The Balaban J connectivity index is 1.45. The van der Waals surface area contributed by atoms with E-state index in [1.165, 1.54) is 12.5 Å². The minimum atomic E-state index is -0.738. The number of nitrogens with zero attached hydrogens (tertiary/aromatic N) is 1. The Bertz CT molecular complexity index is 870. The summed E-state index contributed by atoms with van der Waals surface area (Å²) in [5, 5.41) is 2.81. The van der Waals surface area contributed by atoms with Gasteiger partial charge in [-0.1, -0.05) is 30.3 Å². The van der Waals surface area contributed by atoms with Gasteiger partial charge in [-0.3, -0.25) is 14.4 Å². The van der Waals surface area contributed by atoms with Gasteiger partial charge in [0.05, 0.1) is 17.9 Å². The van der Waals surface area contributed by atoms with Crippen LogP contribution in [0.3, 0.4) is 0 Å². The van der Waals surface area contributed by atoms with Crippen LogP contribution >= 0.6 is 11.8 Å². The summed E-state index contributed by atoms with van der Waals surface area (Å²) >= 11 is 1.57. The van der Waals surface area contributed by atoms with Crippen LogP contribution < -0.4 is 5.32 Å². The van der Waals surface area contributed by atoms with Crippen LogP contribution in [0.4, 0.5) is 0 Å². The molecule has 0 spiro atoms. The van der Waals surface area contributed by atoms with E-state index in [1.54, 1.807) is 22.7 Å². The number of thioether (sulfide) groups is 1. The SMILES string of the molecule is O=C(NC(CSCc1ccccc1)C(=O)N1CC[C@H]2OCC(=O)[C@H]21)c1ccoc1. The molecular weight excluding hydrogens is 392 g/mol. The van der Waals surface area contributed by atoms with Gasteiger partial charge in [0.15, 0.2) is 5.78 Å². The molecule has 0 aliphatic carbocycles. The maximum Gasteiger partial charge on any atom is 0.255 e. The smallest absolute Gasteiger partial charge is 0.255 e. The number of ketones is 1. The third-order valence-corrected chi connectivity index (χ3v) is 6.28. The first-order chi connectivity index (χ1) is 14.1. The van der Waals surface area contributed by atoms with E-state index in [0.717, 1.165) is 11.3 Å². The van der Waals surface area contributed by atoms with Gasteiger partial charge in [0.25, 0.3) is 5.91 Å². The van der Waals surface area contributed by atoms with E-state index in [0.29, 0.717) is 24.3 Å². The molecule has 2 saturated heterocycles. The number of rotatable bonds is 7. The summed E-state index contributed by atoms with van der Waals surface area (Å²) in [7, 11) is 0. The number of furan rings is 1. The van der Waals surface area contributed by atoms with Gasteiger partial charge in [0, 0.05) is 18.1 Å². The van der Waals surface area contributed by atoms with Crippen molar-refractivity contribution in [3.63, 3.8) is 0 Å². The molecule has 7 nitrogen and oxygen atoms in total. The highest BCUT2D eigenvalue weighted by atomic mass is 32.2. The van der Waals surface area contributed by atoms with Crippen molar-refractivity contribution < 1.29 is 23.5 Å². The van der Waals surface area contributed by atoms with Crippen LogP contribution in [0.15, 0.2) is 53.3 Å². The average molecular weight is 414 g/mol. The van der Waals surface area contributed by atoms with Gasteiger partial charge in [-0.05, 0) is 18.1 Å². The molecule has 0 bridgehead atoms. The summed E-state index contributed by atoms with van der Waals surface area (Å²) in [6.07, 6.45) is 3.17. The van der Waals surface area contributed by atoms with Crippen LogP contribution in [0.2, 0.25) is 0 Å². The summed E-state index contributed by atoms with van der Waals surface area (Å²) < 4.78 is 10.4. The molecule has 2 aromatic rings. The molecule has 1 aromatic heterocycles. The number of ether oxygens (including phenoxy) is 1. The van der Waals surface area contributed by atoms with Gasteiger partial charge >= 0.3 is 0 Å². The average Bonchev–Trinajstić information content (AvgIpc) is 3.47. The Hall–Kier alpha value is -2.58. The third-order valence-electron chi connectivity index (χ3n) is 5.18. The maximum atomic E-state index is 13.2. The van der Waals surface area contributed by atoms with E-state index >= 15 is 0 Å². The predicted molar refractivity (Wildman–Crippen MR) is 107 cm³/mol. The maximum absolute atomic E-state index is 13.2. The summed E-state index contributed by atoms with van der Waals surface area (Å²) in [4.78, 5) is 39.5. The zero-order valence-corrected chi connectivity index (χ0v) is 16.6. The quantitative estimate of drug-likeness (QED) is 0.744. The number of amides is 2. The number of benzene rings is 1. The van der Waals surface area contributed by atoms with Crippen molar-refractivity contribution in [3.05, 3.63) is 60.1 Å². The lowest BCUT2D eigenvalue weighted by Gasteiger charge is -2.27. The van der Waals surface area contributed by atoms with Crippen molar-refractivity contribution in [1.82, 2.24) is 10.2 Å². The first-order valence-electron chi connectivity index (χ1n) is 9.53. The lowest BCUT2D eigenvalue weighted by molar-refractivity contribution is -0.137. The van der Waals surface area contributed by atoms with Crippen LogP contribution in [0.1, 0.15) is 22.3 Å². The molecule has 0 radical (unpaired) electrons. The molecule has 2 fully saturated rings. The van der Waals surface area contributed by atoms with E-state index in [2.05, 4.69) is 5.32 Å². The lowest BCUT2D eigenvalue weighted by Crippen LogP contribution is -2.53. The van der Waals surface area contributed by atoms with Gasteiger partial charge in [0.2, 0.25) is 5.91 Å². The Labute approximate surface area is 172 Å². The van der Waals surface area contributed by atoms with Crippen molar-refractivity contribution >= 4 is 29.4 Å². The number of carbonyl (C=O) groups excluding carboxylic acids is 3. The molecule has 152 valence electrons. The van der Waals surface area contributed by atoms with E-state index in [4.69, 9.17) is 9.15 Å². The first-order valence-corrected chi connectivity index (χ1v) is 10.7. The van der Waals surface area contributed by atoms with Gasteiger partial charge < -0.3 is 19.4 Å². The topological polar surface area (TPSA) is 88.9 Å². The van der Waals surface area contributed by atoms with Crippen LogP contribution in [-0.4, -0.2) is 59.6 Å². The molecule has 8 heteroatoms. The summed E-state index contributed by atoms with van der Waals surface area (Å²) in [6.45, 7) is 0.509. The Morgan fingerprint density at radius 1 is 1.24 bits per heavy atom. The molecule has 2 aliphatic heterocycles. The third kappa shape index (κ3) is 4.38. The highest BCUT2D eigenvalue weighted by molar-refractivity contribution is 7.98. The molecule has 3 atom stereocenters. The molecule has 1 aromatic carbocycles. The summed E-state index contributed by atoms with van der Waals surface area (Å²) in [6, 6.07) is 10.2. The summed E-state index contributed by atoms with van der Waals surface area (Å²) in [5.41, 5.74) is 1.50. The zero-order chi connectivity index (χ0) is 20.2. The zero-order valence-electron chi connectivity index (χ0n) is 15.8. The number of carbonyl (C=O) groups is 3. The minimum absolute atomic E-state index is 0.0495. The van der Waals surface area contributed by atoms with Crippen molar-refractivity contribution in [1.29, 1.82) is 0 Å². The van der Waals surface area contributed by atoms with E-state index in [9.17, 15) is 14.4 Å². The lowest BCUT2D eigenvalue weighted by atomic mass is 10.1. The molecule has 4 rings (SSSR count). The highest BCUT2D eigenvalue weighted by Crippen LogP contribution is 2.28. The second-order valence-electron chi connectivity index (χ2n) is 7.12. The molecule has 2 amide bonds. The molecule has 2 aliphatic rings. The molecule has 0 saturated carbocycles. The van der Waals surface area contributed by atoms with Crippen LogP contribution in [-0.2, 0) is 20.1 Å². The first kappa shape index (κ1) is 19.7. The predicted octanol–water partition coefficient (Wildman–Crippen LogP) is 1.88. The van der Waals surface area contributed by atoms with Crippen LogP contribution in [0.25, 0.3) is 0 Å². The second kappa shape index (κ2) is 8.84. The van der Waals surface area contributed by atoms with Crippen molar-refractivity contribution in [3.8, 4) is 0 Å². The number of likely N-dealkylation sites (tertiary alicyclic amines) is 1. The number of hydrogen-bond donors (Lipinski definition) is 1. The second-order valence-corrected chi connectivity index (χ2v) is 8.15. The van der Waals surface area contributed by atoms with E-state index in [1.807, 2.05) is 30.3 Å². The molecule has 1 N–H and O–H groups in total. The Morgan fingerprint density at radius 3 is 2.83 bits per heavy atom. The van der Waals surface area contributed by atoms with Gasteiger partial charge in [-0.25, -0.2) is 0 Å². The van der Waals surface area contributed by atoms with E-state index < -0.39 is 12.1 Å². The standard InChI is InChI=1S/C21H22N2O5S/c24-17-11-28-18-6-8-23(19(17)18)21(26)16(22-20(25)15-7-9-27-10-15)13-29-12-14-4-2-1-3-5-14/h1-5,7,9-10,16,18-19H,6,8,11-13H2,(H,22,25)/t16?,18-,19-/m1/s1. The van der Waals surface area contributed by atoms with Gasteiger partial charge in [-0.2, -0.15) is 11.8 Å². The van der Waals surface area contributed by atoms with E-state index in [-0.39, 0.29) is 30.3 Å². The minimum Gasteiger partial charge on any atom is -0.472 e. The summed E-state index contributed by atoms with van der Waals surface area (Å²) in [5.74, 6) is 0.439. The molecule has 29 heavy (non-hydrogen) atoms. The fourth-order valence-electron chi connectivity index (χ4n) is 3.72. The largest absolute Gasteiger partial charge is 0.472 e. The van der Waals surface area contributed by atoms with Crippen molar-refractivity contribution in [2.45, 2.75) is 30.4 Å². The fourth-order valence-corrected chi connectivity index (χ4v) is 4.73. The van der Waals surface area contributed by atoms with Gasteiger partial charge in [-0.15, -0.1) is 0 Å². The van der Waals surface area contributed by atoms with Crippen LogP contribution in [0.5, 0.6) is 0 Å². The number of hydrogen-bond acceptors (Lipinski definition) is 6. The normalized spacial score (nSPS) is 21.8. The van der Waals surface area contributed by atoms with Crippen molar-refractivity contribution in [2.24, 2.45) is 0 Å². The van der Waals surface area contributed by atoms with Crippen molar-refractivity contribution in [2.75, 3.05) is 18.9 Å². The molecule has 3 heterocycles. The Morgan fingerprint density at radius 2 is 2.07 bits per heavy atom. The Kier molecular flexibility index (Phi) is 6.01. The fraction of sp³-hybridized carbons (Fsp3) is 0.381. The number of Topliss-reactive ketones (excluding diaryl/α,β-unsaturated/α-hetero) is 1.